The molecule has 0 bridgehead atoms. The maximum Gasteiger partial charge on any atom is 0.459 e. The Bertz CT molecular complexity index is 528. The van der Waals surface area contributed by atoms with Gasteiger partial charge in [0.15, 0.2) is 11.7 Å². The van der Waals surface area contributed by atoms with Gasteiger partial charge in [0.1, 0.15) is 5.69 Å². The van der Waals surface area contributed by atoms with Crippen molar-refractivity contribution in [1.82, 2.24) is 9.97 Å². The summed E-state index contributed by atoms with van der Waals surface area (Å²) in [5.41, 5.74) is 3.38. The summed E-state index contributed by atoms with van der Waals surface area (Å²) in [7, 11) is 0. The Morgan fingerprint density at radius 3 is 2.37 bits per heavy atom. The van der Waals surface area contributed by atoms with Crippen LogP contribution in [0.3, 0.4) is 0 Å². The van der Waals surface area contributed by atoms with Crippen molar-refractivity contribution in [2.24, 2.45) is 10.7 Å². The van der Waals surface area contributed by atoms with Crippen LogP contribution >= 0.6 is 0 Å². The van der Waals surface area contributed by atoms with Gasteiger partial charge in [-0.2, -0.15) is 26.9 Å². The Balaban J connectivity index is 3.26. The molecular formula is C8H5F5N4O2. The van der Waals surface area contributed by atoms with Crippen molar-refractivity contribution in [2.45, 2.75) is 12.1 Å². The number of alkyl halides is 5. The largest absolute Gasteiger partial charge is 0.463 e. The highest BCUT2D eigenvalue weighted by molar-refractivity contribution is 5.99. The SMILES string of the molecule is NC(=NC(=O)O)c1nccc(C(F)(F)C(F)(F)F)n1. The lowest BCUT2D eigenvalue weighted by molar-refractivity contribution is -0.291. The van der Waals surface area contributed by atoms with Crippen LogP contribution in [0, 0.1) is 0 Å². The van der Waals surface area contributed by atoms with Crippen molar-refractivity contribution in [3.05, 3.63) is 23.8 Å². The zero-order valence-electron chi connectivity index (χ0n) is 8.82. The van der Waals surface area contributed by atoms with Crippen molar-refractivity contribution >= 4 is 11.9 Å². The monoisotopic (exact) mass is 284 g/mol. The van der Waals surface area contributed by atoms with Crippen molar-refractivity contribution in [1.29, 1.82) is 0 Å². The van der Waals surface area contributed by atoms with E-state index in [0.29, 0.717) is 12.3 Å². The second kappa shape index (κ2) is 4.74. The molecule has 0 aliphatic carbocycles. The molecule has 1 rings (SSSR count). The highest BCUT2D eigenvalue weighted by Gasteiger charge is 2.60. The lowest BCUT2D eigenvalue weighted by Crippen LogP contribution is -2.35. The van der Waals surface area contributed by atoms with Crippen molar-refractivity contribution < 1.29 is 31.9 Å². The van der Waals surface area contributed by atoms with E-state index in [2.05, 4.69) is 15.0 Å². The van der Waals surface area contributed by atoms with E-state index in [-0.39, 0.29) is 0 Å². The molecule has 1 heterocycles. The van der Waals surface area contributed by atoms with E-state index in [9.17, 15) is 26.7 Å². The molecule has 0 aliphatic rings. The number of amidine groups is 1. The van der Waals surface area contributed by atoms with E-state index >= 15 is 0 Å². The van der Waals surface area contributed by atoms with Gasteiger partial charge in [0, 0.05) is 6.20 Å². The standard InChI is InChI=1S/C8H5F5N4O2/c9-7(10,8(11,12)13)3-1-2-15-5(16-3)4(14)17-6(18)19/h1-2H,(H2,14,17)(H,18,19). The summed E-state index contributed by atoms with van der Waals surface area (Å²) in [5.74, 6) is -6.95. The number of amides is 1. The van der Waals surface area contributed by atoms with Gasteiger partial charge in [-0.05, 0) is 6.07 Å². The molecule has 104 valence electrons. The molecule has 0 unspecified atom stereocenters. The summed E-state index contributed by atoms with van der Waals surface area (Å²) in [5, 5.41) is 8.25. The van der Waals surface area contributed by atoms with Gasteiger partial charge in [0.2, 0.25) is 0 Å². The fraction of sp³-hybridized carbons (Fsp3) is 0.250. The van der Waals surface area contributed by atoms with Gasteiger partial charge in [0.05, 0.1) is 0 Å². The summed E-state index contributed by atoms with van der Waals surface area (Å²) in [6.45, 7) is 0. The molecule has 0 aliphatic heterocycles. The van der Waals surface area contributed by atoms with Gasteiger partial charge in [-0.25, -0.2) is 14.8 Å². The first-order valence-electron chi connectivity index (χ1n) is 4.41. The van der Waals surface area contributed by atoms with E-state index in [1.165, 1.54) is 0 Å². The van der Waals surface area contributed by atoms with Gasteiger partial charge in [-0.15, -0.1) is 0 Å². The second-order valence-electron chi connectivity index (χ2n) is 3.12. The topological polar surface area (TPSA) is 101 Å². The van der Waals surface area contributed by atoms with E-state index in [1.807, 2.05) is 0 Å². The van der Waals surface area contributed by atoms with Gasteiger partial charge >= 0.3 is 18.2 Å². The van der Waals surface area contributed by atoms with E-state index in [1.54, 1.807) is 0 Å². The second-order valence-corrected chi connectivity index (χ2v) is 3.12. The van der Waals surface area contributed by atoms with Gasteiger partial charge in [-0.3, -0.25) is 0 Å². The van der Waals surface area contributed by atoms with Crippen molar-refractivity contribution in [3.63, 3.8) is 0 Å². The highest BCUT2D eigenvalue weighted by atomic mass is 19.4. The third kappa shape index (κ3) is 3.11. The molecule has 1 aromatic rings. The minimum absolute atomic E-state index is 0.338. The Hall–Kier alpha value is -2.33. The highest BCUT2D eigenvalue weighted by Crippen LogP contribution is 2.42. The van der Waals surface area contributed by atoms with Crippen molar-refractivity contribution in [2.75, 3.05) is 0 Å². The molecule has 0 aromatic carbocycles. The zero-order chi connectivity index (χ0) is 14.8. The number of carbonyl (C=O) groups is 1. The predicted molar refractivity (Wildman–Crippen MR) is 50.7 cm³/mol. The summed E-state index contributed by atoms with van der Waals surface area (Å²) < 4.78 is 62.2. The number of halogens is 5. The maximum absolute atomic E-state index is 13.0. The normalized spacial score (nSPS) is 13.4. The van der Waals surface area contributed by atoms with Crippen LogP contribution in [0.25, 0.3) is 0 Å². The van der Waals surface area contributed by atoms with Crippen LogP contribution in [0.5, 0.6) is 0 Å². The Kier molecular flexibility index (Phi) is 3.68. The molecule has 0 saturated carbocycles. The first-order valence-corrected chi connectivity index (χ1v) is 4.41. The number of aromatic nitrogens is 2. The van der Waals surface area contributed by atoms with Crippen LogP contribution in [-0.2, 0) is 5.92 Å². The number of carboxylic acid groups (broad SMARTS) is 1. The first-order chi connectivity index (χ1) is 8.55. The van der Waals surface area contributed by atoms with Crippen LogP contribution < -0.4 is 5.73 Å². The number of rotatable bonds is 2. The summed E-state index contributed by atoms with van der Waals surface area (Å²) in [4.78, 5) is 19.0. The van der Waals surface area contributed by atoms with Gasteiger partial charge in [-0.1, -0.05) is 0 Å². The van der Waals surface area contributed by atoms with Crippen molar-refractivity contribution in [3.8, 4) is 0 Å². The molecule has 1 aromatic heterocycles. The van der Waals surface area contributed by atoms with Crippen LogP contribution in [0.1, 0.15) is 11.5 Å². The van der Waals surface area contributed by atoms with E-state index in [4.69, 9.17) is 10.8 Å². The molecule has 0 saturated heterocycles. The Labute approximate surface area is 101 Å². The summed E-state index contributed by atoms with van der Waals surface area (Å²) in [6.07, 6.45) is -7.03. The molecule has 0 fully saturated rings. The Morgan fingerprint density at radius 2 is 1.89 bits per heavy atom. The molecule has 0 spiro atoms. The number of hydrogen-bond donors (Lipinski definition) is 2. The maximum atomic E-state index is 13.0. The molecule has 0 radical (unpaired) electrons. The van der Waals surface area contributed by atoms with Crippen LogP contribution in [0.2, 0.25) is 0 Å². The summed E-state index contributed by atoms with van der Waals surface area (Å²) in [6, 6.07) is 0.338. The summed E-state index contributed by atoms with van der Waals surface area (Å²) >= 11 is 0. The minimum Gasteiger partial charge on any atom is -0.463 e. The van der Waals surface area contributed by atoms with Gasteiger partial charge in [0.25, 0.3) is 0 Å². The smallest absolute Gasteiger partial charge is 0.459 e. The van der Waals surface area contributed by atoms with Crippen LogP contribution in [-0.4, -0.2) is 33.2 Å². The molecule has 6 nitrogen and oxygen atoms in total. The van der Waals surface area contributed by atoms with E-state index in [0.717, 1.165) is 0 Å². The molecule has 0 atom stereocenters. The molecular weight excluding hydrogens is 279 g/mol. The van der Waals surface area contributed by atoms with Gasteiger partial charge < -0.3 is 10.8 Å². The van der Waals surface area contributed by atoms with Crippen LogP contribution in [0.4, 0.5) is 26.7 Å². The van der Waals surface area contributed by atoms with E-state index < -0.39 is 35.5 Å². The molecule has 3 N–H and O–H groups in total. The minimum atomic E-state index is -5.85. The predicted octanol–water partition coefficient (Wildman–Crippen LogP) is 1.51. The number of hydrogen-bond acceptors (Lipinski definition) is 3. The lowest BCUT2D eigenvalue weighted by atomic mass is 10.2. The zero-order valence-corrected chi connectivity index (χ0v) is 8.82. The number of nitrogens with zero attached hydrogens (tertiary/aromatic N) is 3. The fourth-order valence-corrected chi connectivity index (χ4v) is 0.955. The number of aliphatic imine (C=N–C) groups is 1. The average molecular weight is 284 g/mol. The van der Waals surface area contributed by atoms with Crippen LogP contribution in [0.15, 0.2) is 17.3 Å². The molecule has 19 heavy (non-hydrogen) atoms. The first kappa shape index (κ1) is 14.7. The molecule has 11 heteroatoms. The third-order valence-electron chi connectivity index (χ3n) is 1.78. The number of nitrogens with two attached hydrogens (primary N) is 1. The average Bonchev–Trinajstić information content (AvgIpc) is 2.26. The lowest BCUT2D eigenvalue weighted by Gasteiger charge is -2.18. The fourth-order valence-electron chi connectivity index (χ4n) is 0.955. The Morgan fingerprint density at radius 1 is 1.32 bits per heavy atom. The quantitative estimate of drug-likeness (QED) is 0.487. The molecule has 1 amide bonds. The third-order valence-corrected chi connectivity index (χ3v) is 1.78.